The predicted octanol–water partition coefficient (Wildman–Crippen LogP) is 1.97. The molecule has 0 unspecified atom stereocenters. The van der Waals surface area contributed by atoms with Crippen molar-refractivity contribution in [2.24, 2.45) is 0 Å². The fourth-order valence-corrected chi connectivity index (χ4v) is 1.19. The van der Waals surface area contributed by atoms with Crippen molar-refractivity contribution in [1.82, 2.24) is 0 Å². The van der Waals surface area contributed by atoms with E-state index in [2.05, 4.69) is 5.32 Å². The molecule has 0 atom stereocenters. The number of benzene rings is 1. The van der Waals surface area contributed by atoms with E-state index >= 15 is 0 Å². The van der Waals surface area contributed by atoms with Crippen molar-refractivity contribution in [3.8, 4) is 17.6 Å². The summed E-state index contributed by atoms with van der Waals surface area (Å²) in [6.45, 7) is 0. The molecule has 1 aromatic carbocycles. The average molecular weight is 222 g/mol. The monoisotopic (exact) mass is 222 g/mol. The third-order valence-corrected chi connectivity index (χ3v) is 1.94. The Labute approximate surface area is 93.4 Å². The number of nitrogens with zero attached hydrogens (tertiary/aromatic N) is 1. The van der Waals surface area contributed by atoms with Crippen LogP contribution in [0.4, 0.5) is 5.69 Å². The molecule has 1 rings (SSSR count). The molecule has 0 aromatic heterocycles. The number of anilines is 1. The van der Waals surface area contributed by atoms with Crippen molar-refractivity contribution in [2.45, 2.75) is 0 Å². The normalized spacial score (nSPS) is 8.87. The predicted molar refractivity (Wildman–Crippen MR) is 61.4 cm³/mol. The van der Waals surface area contributed by atoms with Crippen LogP contribution in [0.2, 0.25) is 0 Å². The Morgan fingerprint density at radius 2 is 2.00 bits per heavy atom. The van der Waals surface area contributed by atoms with Crippen LogP contribution in [0.3, 0.4) is 0 Å². The minimum atomic E-state index is 0.113. The zero-order chi connectivity index (χ0) is 11.3. The van der Waals surface area contributed by atoms with Crippen LogP contribution in [0.1, 0.15) is 0 Å². The molecule has 0 saturated heterocycles. The van der Waals surface area contributed by atoms with E-state index in [0.29, 0.717) is 17.2 Å². The SMILES string of the molecule is COc1ccc(NC(=S)C#N)cc1OC. The summed E-state index contributed by atoms with van der Waals surface area (Å²) in [5, 5.41) is 11.3. The van der Waals surface area contributed by atoms with Crippen molar-refractivity contribution >= 4 is 22.9 Å². The number of thiocarbonyl (C=S) groups is 1. The van der Waals surface area contributed by atoms with Gasteiger partial charge in [-0.2, -0.15) is 5.26 Å². The molecule has 4 nitrogen and oxygen atoms in total. The smallest absolute Gasteiger partial charge is 0.182 e. The Morgan fingerprint density at radius 1 is 1.33 bits per heavy atom. The van der Waals surface area contributed by atoms with Crippen LogP contribution >= 0.6 is 12.2 Å². The quantitative estimate of drug-likeness (QED) is 0.792. The van der Waals surface area contributed by atoms with Gasteiger partial charge in [-0.1, -0.05) is 0 Å². The second-order valence-corrected chi connectivity index (χ2v) is 3.04. The Morgan fingerprint density at radius 3 is 2.53 bits per heavy atom. The number of rotatable bonds is 3. The van der Waals surface area contributed by atoms with Crippen LogP contribution in [0.25, 0.3) is 0 Å². The Hall–Kier alpha value is -1.80. The van der Waals surface area contributed by atoms with Gasteiger partial charge in [0.15, 0.2) is 16.5 Å². The van der Waals surface area contributed by atoms with Crippen LogP contribution in [0, 0.1) is 11.3 Å². The number of hydrogen-bond acceptors (Lipinski definition) is 4. The third kappa shape index (κ3) is 2.82. The van der Waals surface area contributed by atoms with E-state index in [9.17, 15) is 0 Å². The molecule has 15 heavy (non-hydrogen) atoms. The van der Waals surface area contributed by atoms with Gasteiger partial charge in [0, 0.05) is 11.8 Å². The molecule has 5 heteroatoms. The second kappa shape index (κ2) is 5.17. The summed E-state index contributed by atoms with van der Waals surface area (Å²) in [6.07, 6.45) is 0. The minimum Gasteiger partial charge on any atom is -0.493 e. The first-order chi connectivity index (χ1) is 7.21. The second-order valence-electron chi connectivity index (χ2n) is 2.64. The Balaban J connectivity index is 2.94. The van der Waals surface area contributed by atoms with Crippen LogP contribution in [0.5, 0.6) is 11.5 Å². The number of nitriles is 1. The molecular formula is C10H10N2O2S. The van der Waals surface area contributed by atoms with E-state index in [1.54, 1.807) is 32.4 Å². The molecule has 1 N–H and O–H groups in total. The first-order valence-electron chi connectivity index (χ1n) is 4.14. The van der Waals surface area contributed by atoms with E-state index in [1.165, 1.54) is 0 Å². The maximum Gasteiger partial charge on any atom is 0.182 e. The molecule has 0 aliphatic carbocycles. The van der Waals surface area contributed by atoms with Crippen LogP contribution in [-0.4, -0.2) is 19.2 Å². The highest BCUT2D eigenvalue weighted by atomic mass is 32.1. The highest BCUT2D eigenvalue weighted by Crippen LogP contribution is 2.29. The molecule has 0 heterocycles. The lowest BCUT2D eigenvalue weighted by Gasteiger charge is -2.09. The van der Waals surface area contributed by atoms with Gasteiger partial charge in [-0.15, -0.1) is 0 Å². The summed E-state index contributed by atoms with van der Waals surface area (Å²) in [5.74, 6) is 1.22. The van der Waals surface area contributed by atoms with Gasteiger partial charge in [-0.3, -0.25) is 0 Å². The summed E-state index contributed by atoms with van der Waals surface area (Å²) in [7, 11) is 3.11. The van der Waals surface area contributed by atoms with E-state index in [1.807, 2.05) is 6.07 Å². The van der Waals surface area contributed by atoms with Gasteiger partial charge >= 0.3 is 0 Å². The van der Waals surface area contributed by atoms with E-state index in [0.717, 1.165) is 0 Å². The molecule has 0 saturated carbocycles. The van der Waals surface area contributed by atoms with Gasteiger partial charge in [0.25, 0.3) is 0 Å². The fraction of sp³-hybridized carbons (Fsp3) is 0.200. The van der Waals surface area contributed by atoms with Crippen molar-refractivity contribution in [3.05, 3.63) is 18.2 Å². The first kappa shape index (κ1) is 11.3. The lowest BCUT2D eigenvalue weighted by atomic mass is 10.2. The van der Waals surface area contributed by atoms with E-state index < -0.39 is 0 Å². The minimum absolute atomic E-state index is 0.113. The lowest BCUT2D eigenvalue weighted by molar-refractivity contribution is 0.355. The van der Waals surface area contributed by atoms with Gasteiger partial charge in [-0.05, 0) is 24.4 Å². The summed E-state index contributed by atoms with van der Waals surface area (Å²) in [4.78, 5) is 0.113. The topological polar surface area (TPSA) is 54.3 Å². The van der Waals surface area contributed by atoms with Crippen molar-refractivity contribution in [2.75, 3.05) is 19.5 Å². The zero-order valence-electron chi connectivity index (χ0n) is 8.40. The van der Waals surface area contributed by atoms with Crippen LogP contribution in [-0.2, 0) is 0 Å². The number of hydrogen-bond donors (Lipinski definition) is 1. The maximum atomic E-state index is 8.51. The summed E-state index contributed by atoms with van der Waals surface area (Å²) < 4.78 is 10.2. The van der Waals surface area contributed by atoms with Gasteiger partial charge in [0.1, 0.15) is 6.07 Å². The highest BCUT2D eigenvalue weighted by Gasteiger charge is 2.04. The molecule has 78 valence electrons. The number of ether oxygens (including phenoxy) is 2. The zero-order valence-corrected chi connectivity index (χ0v) is 9.22. The molecule has 0 bridgehead atoms. The molecule has 0 aliphatic heterocycles. The highest BCUT2D eigenvalue weighted by molar-refractivity contribution is 7.81. The maximum absolute atomic E-state index is 8.51. The largest absolute Gasteiger partial charge is 0.493 e. The van der Waals surface area contributed by atoms with Gasteiger partial charge in [-0.25, -0.2) is 0 Å². The fourth-order valence-electron chi connectivity index (χ4n) is 1.07. The van der Waals surface area contributed by atoms with Crippen molar-refractivity contribution in [3.63, 3.8) is 0 Å². The molecule has 0 fully saturated rings. The van der Waals surface area contributed by atoms with Gasteiger partial charge in [0.05, 0.1) is 14.2 Å². The lowest BCUT2D eigenvalue weighted by Crippen LogP contribution is -2.05. The van der Waals surface area contributed by atoms with Crippen molar-refractivity contribution in [1.29, 1.82) is 5.26 Å². The standard InChI is InChI=1S/C10H10N2O2S/c1-13-8-4-3-7(5-9(8)14-2)12-10(15)6-11/h3-5H,1-2H3,(H,12,15). The molecule has 0 amide bonds. The average Bonchev–Trinajstić information content (AvgIpc) is 2.28. The van der Waals surface area contributed by atoms with Crippen LogP contribution < -0.4 is 14.8 Å². The van der Waals surface area contributed by atoms with Gasteiger partial charge < -0.3 is 14.8 Å². The number of nitrogens with one attached hydrogen (secondary N) is 1. The van der Waals surface area contributed by atoms with Gasteiger partial charge in [0.2, 0.25) is 0 Å². The molecular weight excluding hydrogens is 212 g/mol. The Bertz CT molecular complexity index is 412. The summed E-state index contributed by atoms with van der Waals surface area (Å²) in [5.41, 5.74) is 0.694. The molecule has 0 aliphatic rings. The van der Waals surface area contributed by atoms with Crippen LogP contribution in [0.15, 0.2) is 18.2 Å². The molecule has 0 spiro atoms. The van der Waals surface area contributed by atoms with Crippen molar-refractivity contribution < 1.29 is 9.47 Å². The summed E-state index contributed by atoms with van der Waals surface area (Å²) in [6, 6.07) is 7.03. The van der Waals surface area contributed by atoms with E-state index in [4.69, 9.17) is 27.0 Å². The molecule has 1 aromatic rings. The summed E-state index contributed by atoms with van der Waals surface area (Å²) >= 11 is 4.73. The van der Waals surface area contributed by atoms with E-state index in [-0.39, 0.29) is 4.99 Å². The first-order valence-corrected chi connectivity index (χ1v) is 4.55. The Kier molecular flexibility index (Phi) is 3.89. The number of methoxy groups -OCH3 is 2. The molecule has 0 radical (unpaired) electrons. The third-order valence-electron chi connectivity index (χ3n) is 1.74.